The molecule has 0 aliphatic heterocycles. The van der Waals surface area contributed by atoms with E-state index in [1.165, 1.54) is 13.0 Å². The highest BCUT2D eigenvalue weighted by Crippen LogP contribution is 2.23. The molecule has 0 saturated heterocycles. The van der Waals surface area contributed by atoms with E-state index in [4.69, 9.17) is 21.1 Å². The summed E-state index contributed by atoms with van der Waals surface area (Å²) in [4.78, 5) is 39.5. The summed E-state index contributed by atoms with van der Waals surface area (Å²) in [5.74, 6) is -2.54. The molecule has 1 atom stereocenters. The number of hydrogen-bond donors (Lipinski definition) is 2. The van der Waals surface area contributed by atoms with Gasteiger partial charge in [0.1, 0.15) is 11.5 Å². The number of aromatic nitrogens is 1. The number of carbonyl (C=O) groups is 3. The van der Waals surface area contributed by atoms with Crippen molar-refractivity contribution in [2.45, 2.75) is 33.8 Å². The lowest BCUT2D eigenvalue weighted by Gasteiger charge is -2.14. The van der Waals surface area contributed by atoms with Crippen LogP contribution in [0.5, 0.6) is 0 Å². The smallest absolute Gasteiger partial charge is 0.355 e. The fourth-order valence-electron chi connectivity index (χ4n) is 2.56. The van der Waals surface area contributed by atoms with Crippen molar-refractivity contribution >= 4 is 35.1 Å². The highest BCUT2D eigenvalue weighted by molar-refractivity contribution is 6.33. The van der Waals surface area contributed by atoms with Crippen LogP contribution in [0, 0.1) is 19.7 Å². The minimum absolute atomic E-state index is 0.0169. The lowest BCUT2D eigenvalue weighted by molar-refractivity contribution is -0.123. The second-order valence-corrected chi connectivity index (χ2v) is 6.41. The minimum Gasteiger partial charge on any atom is -0.461 e. The highest BCUT2D eigenvalue weighted by atomic mass is 35.5. The average molecular weight is 411 g/mol. The summed E-state index contributed by atoms with van der Waals surface area (Å²) in [5.41, 5.74) is 1.29. The third kappa shape index (κ3) is 4.69. The van der Waals surface area contributed by atoms with Crippen molar-refractivity contribution in [3.8, 4) is 0 Å². The molecule has 9 heteroatoms. The molecular formula is C19H20ClFN2O5. The van der Waals surface area contributed by atoms with E-state index >= 15 is 0 Å². The number of benzene rings is 1. The first-order valence-electron chi connectivity index (χ1n) is 8.48. The van der Waals surface area contributed by atoms with E-state index in [2.05, 4.69) is 10.3 Å². The third-order valence-corrected chi connectivity index (χ3v) is 4.28. The number of esters is 2. The van der Waals surface area contributed by atoms with Gasteiger partial charge in [0.15, 0.2) is 6.10 Å². The quantitative estimate of drug-likeness (QED) is 0.706. The normalized spacial score (nSPS) is 11.6. The number of halogens is 2. The Bertz CT molecular complexity index is 925. The molecular weight excluding hydrogens is 391 g/mol. The fourth-order valence-corrected chi connectivity index (χ4v) is 2.78. The zero-order chi connectivity index (χ0) is 21.0. The molecule has 1 aromatic carbocycles. The summed E-state index contributed by atoms with van der Waals surface area (Å²) >= 11 is 5.87. The standard InChI is InChI=1S/C19H20ClFN2O5/c1-5-27-19(26)16-9(2)15(10(3)22-16)18(25)28-11(4)17(24)23-14-7-6-12(21)8-13(14)20/h6-8,11,22H,5H2,1-4H3,(H,23,24)/t11-/m0/s1. The van der Waals surface area contributed by atoms with Crippen molar-refractivity contribution in [1.29, 1.82) is 0 Å². The van der Waals surface area contributed by atoms with Gasteiger partial charge in [-0.15, -0.1) is 0 Å². The largest absolute Gasteiger partial charge is 0.461 e. The first-order valence-corrected chi connectivity index (χ1v) is 8.86. The van der Waals surface area contributed by atoms with E-state index < -0.39 is 29.8 Å². The number of nitrogens with one attached hydrogen (secondary N) is 2. The van der Waals surface area contributed by atoms with Crippen LogP contribution in [0.4, 0.5) is 10.1 Å². The molecule has 0 radical (unpaired) electrons. The highest BCUT2D eigenvalue weighted by Gasteiger charge is 2.27. The first kappa shape index (κ1) is 21.4. The van der Waals surface area contributed by atoms with Crippen LogP contribution in [-0.4, -0.2) is 35.5 Å². The molecule has 150 valence electrons. The van der Waals surface area contributed by atoms with E-state index in [9.17, 15) is 18.8 Å². The van der Waals surface area contributed by atoms with Gasteiger partial charge in [0.25, 0.3) is 5.91 Å². The van der Waals surface area contributed by atoms with Crippen LogP contribution in [0.2, 0.25) is 5.02 Å². The number of aryl methyl sites for hydroxylation is 1. The SMILES string of the molecule is CCOC(=O)c1[nH]c(C)c(C(=O)O[C@@H](C)C(=O)Nc2ccc(F)cc2Cl)c1C. The van der Waals surface area contributed by atoms with Gasteiger partial charge in [-0.05, 0) is 51.5 Å². The Morgan fingerprint density at radius 2 is 1.93 bits per heavy atom. The van der Waals surface area contributed by atoms with Crippen LogP contribution < -0.4 is 5.32 Å². The molecule has 28 heavy (non-hydrogen) atoms. The number of H-pyrrole nitrogens is 1. The van der Waals surface area contributed by atoms with Crippen LogP contribution in [0.1, 0.15) is 46.0 Å². The van der Waals surface area contributed by atoms with Crippen molar-refractivity contribution in [2.75, 3.05) is 11.9 Å². The van der Waals surface area contributed by atoms with Crippen molar-refractivity contribution in [1.82, 2.24) is 4.98 Å². The molecule has 1 heterocycles. The lowest BCUT2D eigenvalue weighted by Crippen LogP contribution is -2.30. The monoisotopic (exact) mass is 410 g/mol. The van der Waals surface area contributed by atoms with Crippen LogP contribution in [0.25, 0.3) is 0 Å². The van der Waals surface area contributed by atoms with Gasteiger partial charge in [-0.1, -0.05) is 11.6 Å². The number of amides is 1. The second-order valence-electron chi connectivity index (χ2n) is 6.01. The Morgan fingerprint density at radius 1 is 1.25 bits per heavy atom. The van der Waals surface area contributed by atoms with Crippen LogP contribution in [0.3, 0.4) is 0 Å². The minimum atomic E-state index is -1.16. The Morgan fingerprint density at radius 3 is 2.54 bits per heavy atom. The average Bonchev–Trinajstić information content (AvgIpc) is 2.92. The van der Waals surface area contributed by atoms with Gasteiger partial charge >= 0.3 is 11.9 Å². The van der Waals surface area contributed by atoms with Crippen molar-refractivity contribution < 1.29 is 28.2 Å². The van der Waals surface area contributed by atoms with Gasteiger partial charge in [0, 0.05) is 5.69 Å². The number of rotatable bonds is 6. The predicted octanol–water partition coefficient (Wildman–Crippen LogP) is 3.78. The zero-order valence-electron chi connectivity index (χ0n) is 15.8. The maximum absolute atomic E-state index is 13.1. The topological polar surface area (TPSA) is 97.5 Å². The number of aromatic amines is 1. The fraction of sp³-hybridized carbons (Fsp3) is 0.316. The molecule has 0 fully saturated rings. The molecule has 1 amide bonds. The van der Waals surface area contributed by atoms with Gasteiger partial charge < -0.3 is 19.8 Å². The summed E-state index contributed by atoms with van der Waals surface area (Å²) in [5, 5.41) is 2.48. The number of ether oxygens (including phenoxy) is 2. The van der Waals surface area contributed by atoms with E-state index in [1.807, 2.05) is 0 Å². The van der Waals surface area contributed by atoms with Crippen molar-refractivity contribution in [2.24, 2.45) is 0 Å². The zero-order valence-corrected chi connectivity index (χ0v) is 16.6. The van der Waals surface area contributed by atoms with Crippen LogP contribution in [-0.2, 0) is 14.3 Å². The van der Waals surface area contributed by atoms with Gasteiger partial charge in [-0.25, -0.2) is 14.0 Å². The molecule has 0 saturated carbocycles. The predicted molar refractivity (Wildman–Crippen MR) is 101 cm³/mol. The second kappa shape index (κ2) is 8.88. The summed E-state index contributed by atoms with van der Waals surface area (Å²) in [7, 11) is 0. The van der Waals surface area contributed by atoms with Crippen molar-refractivity contribution in [3.05, 3.63) is 51.6 Å². The molecule has 2 N–H and O–H groups in total. The van der Waals surface area contributed by atoms with Gasteiger partial charge in [-0.2, -0.15) is 0 Å². The summed E-state index contributed by atoms with van der Waals surface area (Å²) in [6.45, 7) is 6.43. The first-order chi connectivity index (χ1) is 13.1. The van der Waals surface area contributed by atoms with E-state index in [-0.39, 0.29) is 28.6 Å². The Labute approximate surface area is 166 Å². The molecule has 1 aromatic heterocycles. The molecule has 2 aromatic rings. The number of anilines is 1. The maximum Gasteiger partial charge on any atom is 0.355 e. The van der Waals surface area contributed by atoms with E-state index in [0.717, 1.165) is 12.1 Å². The number of carbonyl (C=O) groups excluding carboxylic acids is 3. The third-order valence-electron chi connectivity index (χ3n) is 3.96. The van der Waals surface area contributed by atoms with E-state index in [1.54, 1.807) is 20.8 Å². The molecule has 2 rings (SSSR count). The maximum atomic E-state index is 13.1. The van der Waals surface area contributed by atoms with Crippen LogP contribution in [0.15, 0.2) is 18.2 Å². The Balaban J connectivity index is 2.11. The van der Waals surface area contributed by atoms with E-state index in [0.29, 0.717) is 11.3 Å². The Hall–Kier alpha value is -2.87. The summed E-state index contributed by atoms with van der Waals surface area (Å²) in [6, 6.07) is 3.50. The molecule has 0 spiro atoms. The molecule has 0 aliphatic rings. The van der Waals surface area contributed by atoms with Crippen molar-refractivity contribution in [3.63, 3.8) is 0 Å². The summed E-state index contributed by atoms with van der Waals surface area (Å²) in [6.07, 6.45) is -1.16. The lowest BCUT2D eigenvalue weighted by atomic mass is 10.1. The molecule has 0 unspecified atom stereocenters. The van der Waals surface area contributed by atoms with Gasteiger partial charge in [0.05, 0.1) is 22.9 Å². The number of hydrogen-bond acceptors (Lipinski definition) is 5. The molecule has 7 nitrogen and oxygen atoms in total. The Kier molecular flexibility index (Phi) is 6.80. The molecule has 0 aliphatic carbocycles. The van der Waals surface area contributed by atoms with Crippen LogP contribution >= 0.6 is 11.6 Å². The van der Waals surface area contributed by atoms with Gasteiger partial charge in [0.2, 0.25) is 0 Å². The summed E-state index contributed by atoms with van der Waals surface area (Å²) < 4.78 is 23.2. The van der Waals surface area contributed by atoms with Gasteiger partial charge in [-0.3, -0.25) is 4.79 Å². The molecule has 0 bridgehead atoms.